The van der Waals surface area contributed by atoms with E-state index in [1.54, 1.807) is 11.8 Å². The van der Waals surface area contributed by atoms with Crippen LogP contribution in [0.1, 0.15) is 42.2 Å². The Morgan fingerprint density at radius 2 is 1.76 bits per heavy atom. The van der Waals surface area contributed by atoms with Crippen LogP contribution in [0.25, 0.3) is 11.4 Å². The summed E-state index contributed by atoms with van der Waals surface area (Å²) >= 11 is 7.83. The van der Waals surface area contributed by atoms with Gasteiger partial charge in [0.05, 0.1) is 17.4 Å². The van der Waals surface area contributed by atoms with Gasteiger partial charge in [0.1, 0.15) is 0 Å². The quantitative estimate of drug-likeness (QED) is 0.328. The lowest BCUT2D eigenvalue weighted by Crippen LogP contribution is -2.20. The summed E-state index contributed by atoms with van der Waals surface area (Å²) in [7, 11) is 4.11. The lowest BCUT2D eigenvalue weighted by Gasteiger charge is -2.20. The molecule has 0 amide bonds. The Morgan fingerprint density at radius 1 is 1.00 bits per heavy atom. The number of para-hydroxylation sites is 1. The Balaban J connectivity index is 1.48. The monoisotopic (exact) mass is 478 g/mol. The number of halogens is 1. The van der Waals surface area contributed by atoms with Crippen molar-refractivity contribution in [3.05, 3.63) is 82.4 Å². The number of rotatable bonds is 7. The maximum absolute atomic E-state index is 6.15. The van der Waals surface area contributed by atoms with Crippen molar-refractivity contribution in [3.63, 3.8) is 0 Å². The molecule has 5 rings (SSSR count). The van der Waals surface area contributed by atoms with Crippen LogP contribution in [-0.4, -0.2) is 43.5 Å². The molecule has 0 fully saturated rings. The fraction of sp³-hybridized carbons (Fsp3) is 0.320. The Labute approximate surface area is 203 Å². The van der Waals surface area contributed by atoms with Crippen molar-refractivity contribution in [1.82, 2.24) is 29.4 Å². The second-order valence-electron chi connectivity index (χ2n) is 8.55. The van der Waals surface area contributed by atoms with E-state index in [-0.39, 0.29) is 6.04 Å². The van der Waals surface area contributed by atoms with E-state index in [2.05, 4.69) is 69.6 Å². The molecule has 0 saturated carbocycles. The van der Waals surface area contributed by atoms with Gasteiger partial charge in [-0.15, -0.1) is 10.2 Å². The smallest absolute Gasteiger partial charge is 0.196 e. The molecule has 2 heterocycles. The van der Waals surface area contributed by atoms with Gasteiger partial charge in [-0.25, -0.2) is 4.68 Å². The standard InChI is InChI=1S/C25H27ClN6S/c1-17(30(2)3)24-27-28-25(31(24)19-14-12-18(26)13-15-19)33-16-22-21-10-7-11-23(21)32(29-22)20-8-5-4-6-9-20/h4-6,8-9,12-15,17H,7,10-11,16H2,1-3H3. The summed E-state index contributed by atoms with van der Waals surface area (Å²) in [6.45, 7) is 2.14. The summed E-state index contributed by atoms with van der Waals surface area (Å²) < 4.78 is 4.27. The molecule has 2 aromatic heterocycles. The van der Waals surface area contributed by atoms with Crippen molar-refractivity contribution in [2.24, 2.45) is 0 Å². The molecule has 1 aliphatic carbocycles. The van der Waals surface area contributed by atoms with Crippen molar-refractivity contribution < 1.29 is 0 Å². The number of aromatic nitrogens is 5. The first kappa shape index (κ1) is 22.2. The van der Waals surface area contributed by atoms with E-state index in [4.69, 9.17) is 16.7 Å². The average Bonchev–Trinajstić information content (AvgIpc) is 3.54. The molecule has 170 valence electrons. The molecule has 0 radical (unpaired) electrons. The highest BCUT2D eigenvalue weighted by atomic mass is 35.5. The van der Waals surface area contributed by atoms with E-state index in [0.29, 0.717) is 5.02 Å². The maximum Gasteiger partial charge on any atom is 0.196 e. The molecule has 1 unspecified atom stereocenters. The van der Waals surface area contributed by atoms with Crippen molar-refractivity contribution >= 4 is 23.4 Å². The molecule has 0 saturated heterocycles. The van der Waals surface area contributed by atoms with Crippen LogP contribution in [0.4, 0.5) is 0 Å². The topological polar surface area (TPSA) is 51.8 Å². The van der Waals surface area contributed by atoms with Crippen LogP contribution in [-0.2, 0) is 18.6 Å². The van der Waals surface area contributed by atoms with Gasteiger partial charge in [-0.05, 0) is 82.2 Å². The van der Waals surface area contributed by atoms with Crippen LogP contribution in [0.5, 0.6) is 0 Å². The Kier molecular flexibility index (Phi) is 6.27. The molecular formula is C25H27ClN6S. The zero-order valence-corrected chi connectivity index (χ0v) is 20.6. The van der Waals surface area contributed by atoms with Gasteiger partial charge in [0, 0.05) is 22.2 Å². The summed E-state index contributed by atoms with van der Waals surface area (Å²) in [5.74, 6) is 1.66. The van der Waals surface area contributed by atoms with Gasteiger partial charge in [-0.3, -0.25) is 9.47 Å². The number of hydrogen-bond acceptors (Lipinski definition) is 5. The van der Waals surface area contributed by atoms with Crippen LogP contribution in [0.3, 0.4) is 0 Å². The molecule has 8 heteroatoms. The maximum atomic E-state index is 6.15. The fourth-order valence-corrected chi connectivity index (χ4v) is 5.30. The summed E-state index contributed by atoms with van der Waals surface area (Å²) in [4.78, 5) is 2.14. The summed E-state index contributed by atoms with van der Waals surface area (Å²) in [5.41, 5.74) is 6.02. The molecule has 0 bridgehead atoms. The van der Waals surface area contributed by atoms with E-state index in [1.165, 1.54) is 17.7 Å². The second-order valence-corrected chi connectivity index (χ2v) is 9.93. The third-order valence-corrected chi connectivity index (χ3v) is 7.44. The molecule has 33 heavy (non-hydrogen) atoms. The van der Waals surface area contributed by atoms with E-state index in [1.807, 2.05) is 30.3 Å². The average molecular weight is 479 g/mol. The number of hydrogen-bond donors (Lipinski definition) is 0. The molecule has 0 aliphatic heterocycles. The predicted octanol–water partition coefficient (Wildman–Crippen LogP) is 5.51. The van der Waals surface area contributed by atoms with Crippen molar-refractivity contribution in [1.29, 1.82) is 0 Å². The summed E-state index contributed by atoms with van der Waals surface area (Å²) in [5, 5.41) is 15.7. The zero-order chi connectivity index (χ0) is 22.9. The largest absolute Gasteiger partial charge is 0.300 e. The van der Waals surface area contributed by atoms with Crippen molar-refractivity contribution in [2.45, 2.75) is 43.1 Å². The molecular weight excluding hydrogens is 452 g/mol. The minimum atomic E-state index is 0.115. The normalized spacial score (nSPS) is 14.1. The second kappa shape index (κ2) is 9.33. The first-order chi connectivity index (χ1) is 16.0. The van der Waals surface area contributed by atoms with Crippen LogP contribution < -0.4 is 0 Å². The zero-order valence-electron chi connectivity index (χ0n) is 19.1. The first-order valence-electron chi connectivity index (χ1n) is 11.2. The molecule has 1 atom stereocenters. The van der Waals surface area contributed by atoms with Gasteiger partial charge in [0.25, 0.3) is 0 Å². The van der Waals surface area contributed by atoms with Gasteiger partial charge < -0.3 is 0 Å². The Hall–Kier alpha value is -2.61. The van der Waals surface area contributed by atoms with Crippen molar-refractivity contribution in [2.75, 3.05) is 14.1 Å². The summed E-state index contributed by atoms with van der Waals surface area (Å²) in [6.07, 6.45) is 3.35. The van der Waals surface area contributed by atoms with Gasteiger partial charge >= 0.3 is 0 Å². The third kappa shape index (κ3) is 4.33. The molecule has 4 aromatic rings. The Bertz CT molecular complexity index is 1250. The van der Waals surface area contributed by atoms with Gasteiger partial charge in [0.2, 0.25) is 0 Å². The molecule has 2 aromatic carbocycles. The van der Waals surface area contributed by atoms with Crippen LogP contribution in [0, 0.1) is 0 Å². The van der Waals surface area contributed by atoms with Crippen molar-refractivity contribution in [3.8, 4) is 11.4 Å². The first-order valence-corrected chi connectivity index (χ1v) is 12.5. The summed E-state index contributed by atoms with van der Waals surface area (Å²) in [6, 6.07) is 18.4. The molecule has 0 N–H and O–H groups in total. The number of fused-ring (bicyclic) bond motifs is 1. The molecule has 6 nitrogen and oxygen atoms in total. The number of thioether (sulfide) groups is 1. The predicted molar refractivity (Wildman–Crippen MR) is 134 cm³/mol. The van der Waals surface area contributed by atoms with E-state index < -0.39 is 0 Å². The molecule has 0 spiro atoms. The fourth-order valence-electron chi connectivity index (χ4n) is 4.25. The van der Waals surface area contributed by atoms with E-state index >= 15 is 0 Å². The number of nitrogens with zero attached hydrogens (tertiary/aromatic N) is 6. The van der Waals surface area contributed by atoms with Crippen LogP contribution in [0.15, 0.2) is 59.8 Å². The van der Waals surface area contributed by atoms with E-state index in [9.17, 15) is 0 Å². The minimum absolute atomic E-state index is 0.115. The van der Waals surface area contributed by atoms with Gasteiger partial charge in [-0.1, -0.05) is 41.6 Å². The van der Waals surface area contributed by atoms with Gasteiger partial charge in [0.15, 0.2) is 11.0 Å². The SMILES string of the molecule is CC(c1nnc(SCc2nn(-c3ccccc3)c3c2CCC3)n1-c1ccc(Cl)cc1)N(C)C. The number of benzene rings is 2. The minimum Gasteiger partial charge on any atom is -0.300 e. The van der Waals surface area contributed by atoms with Gasteiger partial charge in [-0.2, -0.15) is 5.10 Å². The van der Waals surface area contributed by atoms with Crippen LogP contribution >= 0.6 is 23.4 Å². The highest BCUT2D eigenvalue weighted by Crippen LogP contribution is 2.33. The highest BCUT2D eigenvalue weighted by molar-refractivity contribution is 7.98. The Morgan fingerprint density at radius 3 is 2.48 bits per heavy atom. The molecule has 1 aliphatic rings. The third-order valence-electron chi connectivity index (χ3n) is 6.24. The lowest BCUT2D eigenvalue weighted by atomic mass is 10.2. The van der Waals surface area contributed by atoms with E-state index in [0.717, 1.165) is 46.6 Å². The lowest BCUT2D eigenvalue weighted by molar-refractivity contribution is 0.305. The highest BCUT2D eigenvalue weighted by Gasteiger charge is 2.25. The van der Waals surface area contributed by atoms with Crippen LogP contribution in [0.2, 0.25) is 5.02 Å².